The van der Waals surface area contributed by atoms with Gasteiger partial charge < -0.3 is 4.90 Å². The van der Waals surface area contributed by atoms with E-state index < -0.39 is 0 Å². The summed E-state index contributed by atoms with van der Waals surface area (Å²) in [5.41, 5.74) is 7.75. The minimum atomic E-state index is 0.569. The van der Waals surface area contributed by atoms with E-state index in [1.165, 1.54) is 22.3 Å². The van der Waals surface area contributed by atoms with Crippen molar-refractivity contribution in [2.75, 3.05) is 4.90 Å². The van der Waals surface area contributed by atoms with E-state index in [1.807, 2.05) is 24.5 Å². The van der Waals surface area contributed by atoms with Crippen LogP contribution in [0.25, 0.3) is 22.3 Å². The SMILES string of the molecule is Brc1ncc(N(c2ccc(-c3ccccc3)cc2)c2ccc(-c3ccccc3)cc2)cn1. The molecule has 5 rings (SSSR count). The average molecular weight is 478 g/mol. The Morgan fingerprint density at radius 2 is 0.812 bits per heavy atom. The van der Waals surface area contributed by atoms with Crippen LogP contribution in [0, 0.1) is 0 Å². The highest BCUT2D eigenvalue weighted by Gasteiger charge is 2.14. The lowest BCUT2D eigenvalue weighted by Crippen LogP contribution is -2.10. The Kier molecular flexibility index (Phi) is 5.77. The number of benzene rings is 4. The highest BCUT2D eigenvalue weighted by Crippen LogP contribution is 2.36. The van der Waals surface area contributed by atoms with Gasteiger partial charge in [-0.1, -0.05) is 84.9 Å². The van der Waals surface area contributed by atoms with Crippen molar-refractivity contribution in [1.29, 1.82) is 0 Å². The van der Waals surface area contributed by atoms with Crippen LogP contribution in [0.15, 0.2) is 126 Å². The van der Waals surface area contributed by atoms with E-state index in [1.54, 1.807) is 0 Å². The first kappa shape index (κ1) is 20.2. The summed E-state index contributed by atoms with van der Waals surface area (Å²) in [4.78, 5) is 10.9. The molecule has 154 valence electrons. The molecule has 1 heterocycles. The van der Waals surface area contributed by atoms with Gasteiger partial charge in [-0.15, -0.1) is 0 Å². The summed E-state index contributed by atoms with van der Waals surface area (Å²) in [6, 6.07) is 37.9. The fourth-order valence-electron chi connectivity index (χ4n) is 3.74. The van der Waals surface area contributed by atoms with Crippen LogP contribution in [-0.2, 0) is 0 Å². The molecule has 0 aliphatic carbocycles. The topological polar surface area (TPSA) is 29.0 Å². The molecular formula is C28H20BrN3. The molecular weight excluding hydrogens is 458 g/mol. The van der Waals surface area contributed by atoms with Crippen LogP contribution >= 0.6 is 15.9 Å². The number of rotatable bonds is 5. The highest BCUT2D eigenvalue weighted by molar-refractivity contribution is 9.10. The molecule has 0 fully saturated rings. The van der Waals surface area contributed by atoms with E-state index >= 15 is 0 Å². The number of hydrogen-bond donors (Lipinski definition) is 0. The first-order chi connectivity index (χ1) is 15.8. The van der Waals surface area contributed by atoms with Crippen molar-refractivity contribution in [3.63, 3.8) is 0 Å². The van der Waals surface area contributed by atoms with Crippen molar-refractivity contribution in [3.05, 3.63) is 126 Å². The van der Waals surface area contributed by atoms with Gasteiger partial charge in [0.2, 0.25) is 0 Å². The Bertz CT molecular complexity index is 1200. The molecule has 4 aromatic carbocycles. The van der Waals surface area contributed by atoms with Gasteiger partial charge in [0.15, 0.2) is 4.73 Å². The van der Waals surface area contributed by atoms with E-state index in [0.717, 1.165) is 17.1 Å². The molecule has 0 bridgehead atoms. The Hall–Kier alpha value is -3.76. The normalized spacial score (nSPS) is 10.7. The summed E-state index contributed by atoms with van der Waals surface area (Å²) in [7, 11) is 0. The lowest BCUT2D eigenvalue weighted by molar-refractivity contribution is 1.09. The van der Waals surface area contributed by atoms with E-state index in [4.69, 9.17) is 0 Å². The summed E-state index contributed by atoms with van der Waals surface area (Å²) in [6.45, 7) is 0. The third kappa shape index (κ3) is 4.32. The van der Waals surface area contributed by atoms with E-state index in [2.05, 4.69) is 128 Å². The zero-order valence-electron chi connectivity index (χ0n) is 17.3. The maximum absolute atomic E-state index is 4.35. The molecule has 0 radical (unpaired) electrons. The standard InChI is InChI=1S/C28H20BrN3/c29-28-30-19-27(20-31-28)32(25-15-11-23(12-16-25)21-7-3-1-4-8-21)26-17-13-24(14-18-26)22-9-5-2-6-10-22/h1-20H. The van der Waals surface area contributed by atoms with Crippen molar-refractivity contribution in [2.24, 2.45) is 0 Å². The molecule has 0 atom stereocenters. The number of hydrogen-bond acceptors (Lipinski definition) is 3. The van der Waals surface area contributed by atoms with Gasteiger partial charge in [-0.05, 0) is 62.4 Å². The van der Waals surface area contributed by atoms with Crippen LogP contribution in [0.5, 0.6) is 0 Å². The van der Waals surface area contributed by atoms with Crippen molar-refractivity contribution in [1.82, 2.24) is 9.97 Å². The number of halogens is 1. The van der Waals surface area contributed by atoms with Gasteiger partial charge in [0.1, 0.15) is 0 Å². The number of nitrogens with zero attached hydrogens (tertiary/aromatic N) is 3. The van der Waals surface area contributed by atoms with Crippen molar-refractivity contribution in [3.8, 4) is 22.3 Å². The van der Waals surface area contributed by atoms with Crippen molar-refractivity contribution < 1.29 is 0 Å². The smallest absolute Gasteiger partial charge is 0.196 e. The fourth-order valence-corrected chi connectivity index (χ4v) is 3.94. The van der Waals surface area contributed by atoms with Crippen LogP contribution in [0.2, 0.25) is 0 Å². The summed E-state index contributed by atoms with van der Waals surface area (Å²) in [5.74, 6) is 0. The van der Waals surface area contributed by atoms with Gasteiger partial charge in [0, 0.05) is 11.4 Å². The quantitative estimate of drug-likeness (QED) is 0.239. The molecule has 4 heteroatoms. The third-order valence-corrected chi connectivity index (χ3v) is 5.74. The minimum absolute atomic E-state index is 0.569. The Morgan fingerprint density at radius 3 is 1.22 bits per heavy atom. The Labute approximate surface area is 196 Å². The second-order valence-electron chi connectivity index (χ2n) is 7.37. The Balaban J connectivity index is 1.53. The molecule has 0 aliphatic heterocycles. The van der Waals surface area contributed by atoms with Gasteiger partial charge in [0.05, 0.1) is 18.1 Å². The largest absolute Gasteiger partial charge is 0.308 e. The maximum Gasteiger partial charge on any atom is 0.196 e. The predicted octanol–water partition coefficient (Wildman–Crippen LogP) is 8.04. The first-order valence-electron chi connectivity index (χ1n) is 10.4. The average Bonchev–Trinajstić information content (AvgIpc) is 2.87. The monoisotopic (exact) mass is 477 g/mol. The van der Waals surface area contributed by atoms with Crippen LogP contribution in [0.3, 0.4) is 0 Å². The summed E-state index contributed by atoms with van der Waals surface area (Å²) >= 11 is 3.34. The molecule has 5 aromatic rings. The second kappa shape index (κ2) is 9.16. The van der Waals surface area contributed by atoms with Gasteiger partial charge in [0.25, 0.3) is 0 Å². The molecule has 3 nitrogen and oxygen atoms in total. The summed E-state index contributed by atoms with van der Waals surface area (Å²) in [5, 5.41) is 0. The van der Waals surface area contributed by atoms with Gasteiger partial charge in [-0.25, -0.2) is 9.97 Å². The van der Waals surface area contributed by atoms with Crippen molar-refractivity contribution in [2.45, 2.75) is 0 Å². The molecule has 32 heavy (non-hydrogen) atoms. The first-order valence-corrected chi connectivity index (χ1v) is 11.2. The molecule has 0 saturated heterocycles. The molecule has 0 N–H and O–H groups in total. The second-order valence-corrected chi connectivity index (χ2v) is 8.08. The van der Waals surface area contributed by atoms with E-state index in [0.29, 0.717) is 4.73 Å². The van der Waals surface area contributed by atoms with Crippen LogP contribution in [-0.4, -0.2) is 9.97 Å². The number of anilines is 3. The van der Waals surface area contributed by atoms with Crippen LogP contribution < -0.4 is 4.90 Å². The molecule has 1 aromatic heterocycles. The van der Waals surface area contributed by atoms with Crippen molar-refractivity contribution >= 4 is 33.0 Å². The van der Waals surface area contributed by atoms with Gasteiger partial charge >= 0.3 is 0 Å². The molecule has 0 saturated carbocycles. The minimum Gasteiger partial charge on any atom is -0.308 e. The van der Waals surface area contributed by atoms with E-state index in [-0.39, 0.29) is 0 Å². The zero-order valence-corrected chi connectivity index (χ0v) is 18.9. The lowest BCUT2D eigenvalue weighted by Gasteiger charge is -2.25. The molecule has 0 aliphatic rings. The maximum atomic E-state index is 4.35. The van der Waals surface area contributed by atoms with Gasteiger partial charge in [-0.3, -0.25) is 0 Å². The number of aromatic nitrogens is 2. The lowest BCUT2D eigenvalue weighted by atomic mass is 10.0. The third-order valence-electron chi connectivity index (χ3n) is 5.33. The molecule has 0 spiro atoms. The van der Waals surface area contributed by atoms with E-state index in [9.17, 15) is 0 Å². The van der Waals surface area contributed by atoms with Gasteiger partial charge in [-0.2, -0.15) is 0 Å². The highest BCUT2D eigenvalue weighted by atomic mass is 79.9. The van der Waals surface area contributed by atoms with Crippen LogP contribution in [0.4, 0.5) is 17.1 Å². The molecule has 0 unspecified atom stereocenters. The molecule has 0 amide bonds. The van der Waals surface area contributed by atoms with Crippen LogP contribution in [0.1, 0.15) is 0 Å². The fraction of sp³-hybridized carbons (Fsp3) is 0. The zero-order chi connectivity index (χ0) is 21.8. The Morgan fingerprint density at radius 1 is 0.438 bits per heavy atom. The summed E-state index contributed by atoms with van der Waals surface area (Å²) in [6.07, 6.45) is 3.65. The summed E-state index contributed by atoms with van der Waals surface area (Å²) < 4.78 is 0.569. The predicted molar refractivity (Wildman–Crippen MR) is 135 cm³/mol.